The molecule has 8 heavy (non-hydrogen) atoms. The van der Waals surface area contributed by atoms with Gasteiger partial charge in [0.25, 0.3) is 0 Å². The van der Waals surface area contributed by atoms with E-state index in [0.29, 0.717) is 0 Å². The van der Waals surface area contributed by atoms with Crippen molar-refractivity contribution in [3.8, 4) is 0 Å². The third-order valence-electron chi connectivity index (χ3n) is 2.37. The van der Waals surface area contributed by atoms with Gasteiger partial charge in [-0.25, -0.2) is 0 Å². The summed E-state index contributed by atoms with van der Waals surface area (Å²) in [6.45, 7) is 4.73. The molecule has 0 aliphatic heterocycles. The monoisotopic (exact) mass is 224 g/mol. The summed E-state index contributed by atoms with van der Waals surface area (Å²) in [5.74, 6) is 1.95. The van der Waals surface area contributed by atoms with Gasteiger partial charge in [0.1, 0.15) is 0 Å². The van der Waals surface area contributed by atoms with Crippen molar-refractivity contribution in [3.63, 3.8) is 0 Å². The number of hydrogen-bond donors (Lipinski definition) is 0. The molecule has 0 bridgehead atoms. The van der Waals surface area contributed by atoms with Crippen LogP contribution in [-0.2, 0) is 0 Å². The SMILES string of the molecule is CC1CCC(I)C1C. The molecule has 0 nitrogen and oxygen atoms in total. The van der Waals surface area contributed by atoms with Gasteiger partial charge in [-0.1, -0.05) is 36.4 Å². The van der Waals surface area contributed by atoms with Crippen molar-refractivity contribution in [2.24, 2.45) is 11.8 Å². The molecule has 0 amide bonds. The normalized spacial score (nSPS) is 47.6. The second-order valence-electron chi connectivity index (χ2n) is 2.93. The van der Waals surface area contributed by atoms with Crippen LogP contribution in [-0.4, -0.2) is 3.92 Å². The molecule has 1 heteroatoms. The first kappa shape index (κ1) is 6.84. The van der Waals surface area contributed by atoms with Gasteiger partial charge in [0, 0.05) is 3.92 Å². The molecule has 0 N–H and O–H groups in total. The number of hydrogen-bond acceptors (Lipinski definition) is 0. The lowest BCUT2D eigenvalue weighted by Gasteiger charge is -2.10. The average molecular weight is 224 g/mol. The Labute approximate surface area is 65.2 Å². The van der Waals surface area contributed by atoms with Gasteiger partial charge in [0.2, 0.25) is 0 Å². The Bertz CT molecular complexity index is 70.5. The zero-order valence-corrected chi connectivity index (χ0v) is 7.68. The van der Waals surface area contributed by atoms with Crippen LogP contribution in [0.15, 0.2) is 0 Å². The van der Waals surface area contributed by atoms with E-state index in [0.717, 1.165) is 15.8 Å². The Kier molecular flexibility index (Phi) is 2.18. The molecule has 1 saturated carbocycles. The minimum atomic E-state index is 0.961. The van der Waals surface area contributed by atoms with Crippen LogP contribution < -0.4 is 0 Å². The van der Waals surface area contributed by atoms with Crippen molar-refractivity contribution < 1.29 is 0 Å². The summed E-state index contributed by atoms with van der Waals surface area (Å²) in [5.41, 5.74) is 0. The number of halogens is 1. The van der Waals surface area contributed by atoms with Crippen LogP contribution >= 0.6 is 22.6 Å². The lowest BCUT2D eigenvalue weighted by molar-refractivity contribution is 0.468. The molecule has 1 aliphatic carbocycles. The Morgan fingerprint density at radius 3 is 2.00 bits per heavy atom. The summed E-state index contributed by atoms with van der Waals surface area (Å²) in [6.07, 6.45) is 2.90. The molecule has 0 spiro atoms. The number of alkyl halides is 1. The largest absolute Gasteiger partial charge is 0.0823 e. The molecule has 48 valence electrons. The lowest BCUT2D eigenvalue weighted by Crippen LogP contribution is -2.06. The van der Waals surface area contributed by atoms with E-state index in [2.05, 4.69) is 36.4 Å². The third-order valence-corrected chi connectivity index (χ3v) is 4.12. The maximum atomic E-state index is 2.57. The third kappa shape index (κ3) is 1.17. The second-order valence-corrected chi connectivity index (χ2v) is 4.53. The highest BCUT2D eigenvalue weighted by Crippen LogP contribution is 2.35. The number of rotatable bonds is 0. The topological polar surface area (TPSA) is 0 Å². The van der Waals surface area contributed by atoms with E-state index in [-0.39, 0.29) is 0 Å². The van der Waals surface area contributed by atoms with Crippen molar-refractivity contribution in [2.45, 2.75) is 30.6 Å². The molecule has 0 radical (unpaired) electrons. The predicted molar refractivity (Wildman–Crippen MR) is 45.4 cm³/mol. The van der Waals surface area contributed by atoms with Gasteiger partial charge in [-0.3, -0.25) is 0 Å². The lowest BCUT2D eigenvalue weighted by atomic mass is 10.0. The van der Waals surface area contributed by atoms with Gasteiger partial charge in [0.15, 0.2) is 0 Å². The molecule has 0 aromatic heterocycles. The van der Waals surface area contributed by atoms with E-state index in [4.69, 9.17) is 0 Å². The molecule has 1 fully saturated rings. The van der Waals surface area contributed by atoms with Crippen molar-refractivity contribution >= 4 is 22.6 Å². The van der Waals surface area contributed by atoms with Gasteiger partial charge in [-0.05, 0) is 24.7 Å². The van der Waals surface area contributed by atoms with Crippen molar-refractivity contribution in [3.05, 3.63) is 0 Å². The van der Waals surface area contributed by atoms with E-state index >= 15 is 0 Å². The summed E-state index contributed by atoms with van der Waals surface area (Å²) in [4.78, 5) is 0. The van der Waals surface area contributed by atoms with E-state index in [1.165, 1.54) is 12.8 Å². The van der Waals surface area contributed by atoms with E-state index in [1.54, 1.807) is 0 Å². The van der Waals surface area contributed by atoms with Gasteiger partial charge >= 0.3 is 0 Å². The van der Waals surface area contributed by atoms with Crippen LogP contribution in [0.1, 0.15) is 26.7 Å². The van der Waals surface area contributed by atoms with Crippen LogP contribution in [0.3, 0.4) is 0 Å². The molecule has 1 rings (SSSR count). The molecule has 3 atom stereocenters. The first-order valence-corrected chi connectivity index (χ1v) is 4.60. The van der Waals surface area contributed by atoms with E-state index < -0.39 is 0 Å². The predicted octanol–water partition coefficient (Wildman–Crippen LogP) is 2.86. The Morgan fingerprint density at radius 2 is 1.88 bits per heavy atom. The second kappa shape index (κ2) is 2.54. The Morgan fingerprint density at radius 1 is 1.25 bits per heavy atom. The summed E-state index contributed by atoms with van der Waals surface area (Å²) in [7, 11) is 0. The van der Waals surface area contributed by atoms with Gasteiger partial charge in [-0.15, -0.1) is 0 Å². The van der Waals surface area contributed by atoms with E-state index in [9.17, 15) is 0 Å². The fraction of sp³-hybridized carbons (Fsp3) is 1.00. The highest BCUT2D eigenvalue weighted by molar-refractivity contribution is 14.1. The molecule has 0 heterocycles. The maximum Gasteiger partial charge on any atom is 0.0138 e. The summed E-state index contributed by atoms with van der Waals surface area (Å²) in [5, 5.41) is 0. The molecule has 0 aromatic rings. The summed E-state index contributed by atoms with van der Waals surface area (Å²) < 4.78 is 0.961. The zero-order valence-electron chi connectivity index (χ0n) is 5.52. The molecular formula is C7H13I. The Balaban J connectivity index is 2.44. The first-order chi connectivity index (χ1) is 3.72. The first-order valence-electron chi connectivity index (χ1n) is 3.36. The maximum absolute atomic E-state index is 2.57. The van der Waals surface area contributed by atoms with Gasteiger partial charge in [0.05, 0.1) is 0 Å². The van der Waals surface area contributed by atoms with Crippen LogP contribution in [0.2, 0.25) is 0 Å². The highest BCUT2D eigenvalue weighted by Gasteiger charge is 2.26. The van der Waals surface area contributed by atoms with Crippen molar-refractivity contribution in [1.29, 1.82) is 0 Å². The standard InChI is InChI=1S/C7H13I/c1-5-3-4-7(8)6(5)2/h5-7H,3-4H2,1-2H3. The van der Waals surface area contributed by atoms with Gasteiger partial charge < -0.3 is 0 Å². The minimum Gasteiger partial charge on any atom is -0.0823 e. The van der Waals surface area contributed by atoms with Gasteiger partial charge in [-0.2, -0.15) is 0 Å². The molecule has 0 saturated heterocycles. The molecular weight excluding hydrogens is 211 g/mol. The van der Waals surface area contributed by atoms with E-state index in [1.807, 2.05) is 0 Å². The fourth-order valence-corrected chi connectivity index (χ4v) is 2.37. The fourth-order valence-electron chi connectivity index (χ4n) is 1.30. The van der Waals surface area contributed by atoms with Crippen LogP contribution in [0.25, 0.3) is 0 Å². The minimum absolute atomic E-state index is 0.961. The molecule has 0 aromatic carbocycles. The summed E-state index contributed by atoms with van der Waals surface area (Å²) >= 11 is 2.57. The highest BCUT2D eigenvalue weighted by atomic mass is 127. The Hall–Kier alpha value is 0.730. The summed E-state index contributed by atoms with van der Waals surface area (Å²) in [6, 6.07) is 0. The van der Waals surface area contributed by atoms with Crippen LogP contribution in [0, 0.1) is 11.8 Å². The average Bonchev–Trinajstić information content (AvgIpc) is 1.98. The van der Waals surface area contributed by atoms with Crippen LogP contribution in [0.5, 0.6) is 0 Å². The quantitative estimate of drug-likeness (QED) is 0.438. The van der Waals surface area contributed by atoms with Crippen molar-refractivity contribution in [2.75, 3.05) is 0 Å². The van der Waals surface area contributed by atoms with Crippen LogP contribution in [0.4, 0.5) is 0 Å². The molecule has 3 unspecified atom stereocenters. The smallest absolute Gasteiger partial charge is 0.0138 e. The van der Waals surface area contributed by atoms with Crippen molar-refractivity contribution in [1.82, 2.24) is 0 Å². The zero-order chi connectivity index (χ0) is 6.15. The molecule has 1 aliphatic rings.